The third-order valence-electron chi connectivity index (χ3n) is 4.10. The van der Waals surface area contributed by atoms with E-state index < -0.39 is 0 Å². The molecule has 0 aliphatic carbocycles. The number of nitrogens with one attached hydrogen (secondary N) is 1. The van der Waals surface area contributed by atoms with Crippen LogP contribution < -0.4 is 5.32 Å². The van der Waals surface area contributed by atoms with Crippen molar-refractivity contribution in [1.82, 2.24) is 10.2 Å². The Morgan fingerprint density at radius 3 is 2.18 bits per heavy atom. The molecule has 1 aromatic rings. The summed E-state index contributed by atoms with van der Waals surface area (Å²) in [6.07, 6.45) is 1.08. The van der Waals surface area contributed by atoms with Gasteiger partial charge in [0.15, 0.2) is 0 Å². The number of halogens is 5. The number of nitrogens with zero attached hydrogens (tertiary/aromatic N) is 1. The lowest BCUT2D eigenvalue weighted by Gasteiger charge is -2.39. The van der Waals surface area contributed by atoms with Gasteiger partial charge in [0.25, 0.3) is 0 Å². The average molecular weight is 409 g/mol. The molecule has 7 heteroatoms. The predicted molar refractivity (Wildman–Crippen MR) is 103 cm³/mol. The SMILES string of the molecule is CCC(C)[C@H](c1c(Cl)ccc(Cl)c1Cl)N1CCNCC1.Cl.Cl. The molecule has 0 amide bonds. The van der Waals surface area contributed by atoms with E-state index >= 15 is 0 Å². The van der Waals surface area contributed by atoms with E-state index in [4.69, 9.17) is 34.8 Å². The van der Waals surface area contributed by atoms with Crippen LogP contribution in [0.1, 0.15) is 31.9 Å². The first-order chi connectivity index (χ1) is 9.56. The molecular weight excluding hydrogens is 385 g/mol. The lowest BCUT2D eigenvalue weighted by molar-refractivity contribution is 0.128. The molecule has 2 atom stereocenters. The summed E-state index contributed by atoms with van der Waals surface area (Å²) in [6, 6.07) is 3.84. The fourth-order valence-electron chi connectivity index (χ4n) is 2.82. The molecule has 1 aromatic carbocycles. The molecule has 2 rings (SSSR count). The Labute approximate surface area is 160 Å². The summed E-state index contributed by atoms with van der Waals surface area (Å²) in [7, 11) is 0. The van der Waals surface area contributed by atoms with E-state index in [2.05, 4.69) is 24.1 Å². The van der Waals surface area contributed by atoms with E-state index in [9.17, 15) is 0 Å². The minimum atomic E-state index is 0. The molecule has 1 aliphatic rings. The van der Waals surface area contributed by atoms with Crippen molar-refractivity contribution < 1.29 is 0 Å². The molecule has 0 spiro atoms. The first-order valence-electron chi connectivity index (χ1n) is 7.14. The van der Waals surface area contributed by atoms with Crippen molar-refractivity contribution in [3.63, 3.8) is 0 Å². The van der Waals surface area contributed by atoms with E-state index in [0.717, 1.165) is 38.2 Å². The van der Waals surface area contributed by atoms with Gasteiger partial charge in [-0.05, 0) is 18.1 Å². The maximum atomic E-state index is 6.45. The van der Waals surface area contributed by atoms with Gasteiger partial charge in [0, 0.05) is 42.8 Å². The zero-order valence-corrected chi connectivity index (χ0v) is 16.6. The molecule has 1 heterocycles. The van der Waals surface area contributed by atoms with Crippen LogP contribution in [0.25, 0.3) is 0 Å². The second-order valence-electron chi connectivity index (χ2n) is 5.37. The van der Waals surface area contributed by atoms with E-state index in [-0.39, 0.29) is 30.9 Å². The summed E-state index contributed by atoms with van der Waals surface area (Å²) in [5.74, 6) is 0.474. The quantitative estimate of drug-likeness (QED) is 0.664. The van der Waals surface area contributed by atoms with Crippen molar-refractivity contribution in [3.8, 4) is 0 Å². The van der Waals surface area contributed by atoms with Gasteiger partial charge in [0.1, 0.15) is 0 Å². The predicted octanol–water partition coefficient (Wildman–Crippen LogP) is 5.48. The topological polar surface area (TPSA) is 15.3 Å². The summed E-state index contributed by atoms with van der Waals surface area (Å²) >= 11 is 19.1. The van der Waals surface area contributed by atoms with Crippen molar-refractivity contribution in [2.24, 2.45) is 5.92 Å². The first kappa shape index (κ1) is 22.6. The summed E-state index contributed by atoms with van der Waals surface area (Å²) in [4.78, 5) is 2.47. The molecule has 0 aromatic heterocycles. The second-order valence-corrected chi connectivity index (χ2v) is 6.57. The zero-order chi connectivity index (χ0) is 14.7. The van der Waals surface area contributed by atoms with Crippen molar-refractivity contribution >= 4 is 59.6 Å². The Hall–Kier alpha value is 0.590. The van der Waals surface area contributed by atoms with E-state index in [1.54, 1.807) is 6.07 Å². The van der Waals surface area contributed by atoms with Gasteiger partial charge in [-0.25, -0.2) is 0 Å². The van der Waals surface area contributed by atoms with Crippen LogP contribution in [0.3, 0.4) is 0 Å². The van der Waals surface area contributed by atoms with Gasteiger partial charge in [-0.15, -0.1) is 24.8 Å². The lowest BCUT2D eigenvalue weighted by Crippen LogP contribution is -2.46. The monoisotopic (exact) mass is 406 g/mol. The average Bonchev–Trinajstić information content (AvgIpc) is 2.48. The van der Waals surface area contributed by atoms with Crippen LogP contribution in [0, 0.1) is 5.92 Å². The number of benzene rings is 1. The largest absolute Gasteiger partial charge is 0.314 e. The van der Waals surface area contributed by atoms with Crippen LogP contribution in [0.15, 0.2) is 12.1 Å². The molecule has 1 N–H and O–H groups in total. The van der Waals surface area contributed by atoms with Crippen molar-refractivity contribution in [2.75, 3.05) is 26.2 Å². The molecule has 0 radical (unpaired) electrons. The lowest BCUT2D eigenvalue weighted by atomic mass is 9.90. The summed E-state index contributed by atoms with van der Waals surface area (Å²) in [5, 5.41) is 5.27. The summed E-state index contributed by atoms with van der Waals surface area (Å²) in [6.45, 7) is 8.47. The van der Waals surface area contributed by atoms with Gasteiger partial charge in [-0.3, -0.25) is 4.90 Å². The van der Waals surface area contributed by atoms with Gasteiger partial charge in [0.2, 0.25) is 0 Å². The Morgan fingerprint density at radius 1 is 1.09 bits per heavy atom. The Morgan fingerprint density at radius 2 is 1.64 bits per heavy atom. The number of piperazine rings is 1. The van der Waals surface area contributed by atoms with E-state index in [0.29, 0.717) is 21.0 Å². The van der Waals surface area contributed by atoms with E-state index in [1.807, 2.05) is 6.07 Å². The fourth-order valence-corrected chi connectivity index (χ4v) is 3.58. The number of hydrogen-bond donors (Lipinski definition) is 1. The third kappa shape index (κ3) is 5.04. The smallest absolute Gasteiger partial charge is 0.0655 e. The van der Waals surface area contributed by atoms with Crippen molar-refractivity contribution in [2.45, 2.75) is 26.3 Å². The minimum absolute atomic E-state index is 0. The van der Waals surface area contributed by atoms with Crippen LogP contribution in [-0.4, -0.2) is 31.1 Å². The molecular formula is C15H23Cl5N2. The Balaban J connectivity index is 0.00000220. The third-order valence-corrected chi connectivity index (χ3v) is 5.25. The van der Waals surface area contributed by atoms with Crippen molar-refractivity contribution in [3.05, 3.63) is 32.8 Å². The summed E-state index contributed by atoms with van der Waals surface area (Å²) < 4.78 is 0. The molecule has 1 fully saturated rings. The molecule has 1 saturated heterocycles. The molecule has 128 valence electrons. The maximum Gasteiger partial charge on any atom is 0.0655 e. The minimum Gasteiger partial charge on any atom is -0.314 e. The highest BCUT2D eigenvalue weighted by molar-refractivity contribution is 6.44. The highest BCUT2D eigenvalue weighted by Crippen LogP contribution is 2.42. The standard InChI is InChI=1S/C15H21Cl3N2.2ClH/c1-3-10(2)15(20-8-6-19-7-9-20)13-11(16)4-5-12(17)14(13)18;;/h4-5,10,15,19H,3,6-9H2,1-2H3;2*1H/t10?,15-;;/m1../s1. The molecule has 1 aliphatic heterocycles. The normalized spacial score (nSPS) is 18.0. The molecule has 2 nitrogen and oxygen atoms in total. The Bertz CT molecular complexity index is 463. The van der Waals surface area contributed by atoms with Gasteiger partial charge in [-0.2, -0.15) is 0 Å². The molecule has 0 bridgehead atoms. The van der Waals surface area contributed by atoms with Crippen LogP contribution in [0.2, 0.25) is 15.1 Å². The van der Waals surface area contributed by atoms with Gasteiger partial charge < -0.3 is 5.32 Å². The van der Waals surface area contributed by atoms with Gasteiger partial charge >= 0.3 is 0 Å². The second kappa shape index (κ2) is 10.5. The van der Waals surface area contributed by atoms with Crippen LogP contribution in [0.4, 0.5) is 0 Å². The summed E-state index contributed by atoms with van der Waals surface area (Å²) in [5.41, 5.74) is 0.983. The van der Waals surface area contributed by atoms with Crippen LogP contribution in [0.5, 0.6) is 0 Å². The highest BCUT2D eigenvalue weighted by Gasteiger charge is 2.30. The van der Waals surface area contributed by atoms with Gasteiger partial charge in [0.05, 0.1) is 10.0 Å². The van der Waals surface area contributed by atoms with E-state index in [1.165, 1.54) is 0 Å². The van der Waals surface area contributed by atoms with Crippen LogP contribution in [-0.2, 0) is 0 Å². The number of rotatable bonds is 4. The molecule has 1 unspecified atom stereocenters. The Kier molecular flexibility index (Phi) is 10.7. The van der Waals surface area contributed by atoms with Gasteiger partial charge in [-0.1, -0.05) is 55.1 Å². The maximum absolute atomic E-state index is 6.45. The molecule has 0 saturated carbocycles. The first-order valence-corrected chi connectivity index (χ1v) is 8.27. The molecule has 22 heavy (non-hydrogen) atoms. The van der Waals surface area contributed by atoms with Crippen LogP contribution >= 0.6 is 59.6 Å². The highest BCUT2D eigenvalue weighted by atomic mass is 35.5. The zero-order valence-electron chi connectivity index (χ0n) is 12.7. The number of hydrogen-bond acceptors (Lipinski definition) is 2. The van der Waals surface area contributed by atoms with Crippen molar-refractivity contribution in [1.29, 1.82) is 0 Å². The fraction of sp³-hybridized carbons (Fsp3) is 0.600.